The summed E-state index contributed by atoms with van der Waals surface area (Å²) in [6, 6.07) is 7.39. The lowest BCUT2D eigenvalue weighted by atomic mass is 10.2. The Morgan fingerprint density at radius 2 is 2.00 bits per heavy atom. The normalized spacial score (nSPS) is 9.18. The van der Waals surface area contributed by atoms with E-state index in [0.29, 0.717) is 6.54 Å². The maximum absolute atomic E-state index is 8.24. The number of methoxy groups -OCH3 is 1. The molecule has 3 heteroatoms. The fourth-order valence-corrected chi connectivity index (χ4v) is 0.813. The lowest BCUT2D eigenvalue weighted by Gasteiger charge is -2.01. The van der Waals surface area contributed by atoms with Crippen LogP contribution in [0.5, 0.6) is 5.75 Å². The van der Waals surface area contributed by atoms with Gasteiger partial charge in [-0.3, -0.25) is 0 Å². The van der Waals surface area contributed by atoms with Gasteiger partial charge in [-0.05, 0) is 17.7 Å². The van der Waals surface area contributed by atoms with Crippen LogP contribution in [0, 0.1) is 0 Å². The first-order valence-corrected chi connectivity index (χ1v) is 3.30. The molecular weight excluding hydrogens is 140 g/mol. The molecular formula is C8H9N2O-. The molecule has 0 saturated carbocycles. The molecule has 0 bridgehead atoms. The van der Waals surface area contributed by atoms with Crippen molar-refractivity contribution in [2.75, 3.05) is 7.11 Å². The highest BCUT2D eigenvalue weighted by atomic mass is 16.5. The molecule has 0 aromatic heterocycles. The second-order valence-corrected chi connectivity index (χ2v) is 2.15. The largest absolute Gasteiger partial charge is 0.712 e. The molecule has 1 aromatic carbocycles. The average Bonchev–Trinajstić information content (AvgIpc) is 2.07. The third-order valence-corrected chi connectivity index (χ3v) is 1.41. The number of hydrogen-bond donors (Lipinski definition) is 0. The Bertz CT molecular complexity index is 230. The molecule has 0 aliphatic carbocycles. The summed E-state index contributed by atoms with van der Waals surface area (Å²) in [7, 11) is 1.62. The Morgan fingerprint density at radius 1 is 1.36 bits per heavy atom. The van der Waals surface area contributed by atoms with Gasteiger partial charge < -0.3 is 15.4 Å². The van der Waals surface area contributed by atoms with Crippen molar-refractivity contribution in [3.05, 3.63) is 35.4 Å². The van der Waals surface area contributed by atoms with Crippen molar-refractivity contribution in [2.45, 2.75) is 6.54 Å². The number of ether oxygens (including phenoxy) is 1. The number of hydrogen-bond acceptors (Lipinski definition) is 2. The second-order valence-electron chi connectivity index (χ2n) is 2.15. The van der Waals surface area contributed by atoms with Gasteiger partial charge in [0.2, 0.25) is 0 Å². The Balaban J connectivity index is 2.74. The van der Waals surface area contributed by atoms with Crippen molar-refractivity contribution in [2.24, 2.45) is 5.11 Å². The fraction of sp³-hybridized carbons (Fsp3) is 0.250. The van der Waals surface area contributed by atoms with Crippen LogP contribution in [0.1, 0.15) is 5.56 Å². The molecule has 0 fully saturated rings. The van der Waals surface area contributed by atoms with E-state index >= 15 is 0 Å². The van der Waals surface area contributed by atoms with E-state index in [1.54, 1.807) is 7.11 Å². The second kappa shape index (κ2) is 3.71. The van der Waals surface area contributed by atoms with Gasteiger partial charge in [0, 0.05) is 6.54 Å². The number of nitrogens with zero attached hydrogens (tertiary/aromatic N) is 2. The lowest BCUT2D eigenvalue weighted by molar-refractivity contribution is 0.414. The van der Waals surface area contributed by atoms with Crippen molar-refractivity contribution >= 4 is 0 Å². The van der Waals surface area contributed by atoms with Crippen LogP contribution in [0.3, 0.4) is 0 Å². The molecule has 11 heavy (non-hydrogen) atoms. The summed E-state index contributed by atoms with van der Waals surface area (Å²) < 4.78 is 4.95. The molecule has 0 saturated heterocycles. The van der Waals surface area contributed by atoms with Crippen LogP contribution >= 0.6 is 0 Å². The first kappa shape index (κ1) is 7.72. The molecule has 0 spiro atoms. The van der Waals surface area contributed by atoms with Crippen molar-refractivity contribution in [1.82, 2.24) is 0 Å². The third kappa shape index (κ3) is 2.04. The molecule has 0 N–H and O–H groups in total. The predicted molar refractivity (Wildman–Crippen MR) is 42.5 cm³/mol. The SMILES string of the molecule is COc1ccc(CN=[N-])cc1. The Kier molecular flexibility index (Phi) is 2.60. The lowest BCUT2D eigenvalue weighted by Crippen LogP contribution is -1.83. The van der Waals surface area contributed by atoms with E-state index in [1.807, 2.05) is 24.3 Å². The van der Waals surface area contributed by atoms with Gasteiger partial charge in [0.15, 0.2) is 0 Å². The molecule has 0 unspecified atom stereocenters. The molecule has 0 heterocycles. The predicted octanol–water partition coefficient (Wildman–Crippen LogP) is 2.22. The Labute approximate surface area is 65.5 Å². The van der Waals surface area contributed by atoms with Crippen LogP contribution in [0.25, 0.3) is 5.53 Å². The first-order valence-electron chi connectivity index (χ1n) is 3.30. The van der Waals surface area contributed by atoms with E-state index in [-0.39, 0.29) is 0 Å². The number of benzene rings is 1. The first-order chi connectivity index (χ1) is 5.36. The van der Waals surface area contributed by atoms with Crippen molar-refractivity contribution < 1.29 is 4.74 Å². The highest BCUT2D eigenvalue weighted by Gasteiger charge is 1.89. The zero-order chi connectivity index (χ0) is 8.10. The van der Waals surface area contributed by atoms with Gasteiger partial charge in [-0.2, -0.15) is 0 Å². The van der Waals surface area contributed by atoms with E-state index in [0.717, 1.165) is 11.3 Å². The van der Waals surface area contributed by atoms with Crippen molar-refractivity contribution in [3.8, 4) is 5.75 Å². The summed E-state index contributed by atoms with van der Waals surface area (Å²) in [6.45, 7) is 0.337. The maximum Gasteiger partial charge on any atom is 0.118 e. The molecule has 0 atom stereocenters. The third-order valence-electron chi connectivity index (χ3n) is 1.41. The summed E-state index contributed by atoms with van der Waals surface area (Å²) >= 11 is 0. The van der Waals surface area contributed by atoms with Gasteiger partial charge in [0.1, 0.15) is 5.75 Å². The topological polar surface area (TPSA) is 43.9 Å². The smallest absolute Gasteiger partial charge is 0.118 e. The van der Waals surface area contributed by atoms with Crippen LogP contribution in [0.4, 0.5) is 0 Å². The van der Waals surface area contributed by atoms with Crippen LogP contribution in [-0.4, -0.2) is 7.11 Å². The van der Waals surface area contributed by atoms with Gasteiger partial charge in [-0.25, -0.2) is 0 Å². The van der Waals surface area contributed by atoms with Crippen molar-refractivity contribution in [1.29, 1.82) is 0 Å². The van der Waals surface area contributed by atoms with Gasteiger partial charge in [0.25, 0.3) is 0 Å². The summed E-state index contributed by atoms with van der Waals surface area (Å²) in [4.78, 5) is 0. The Hall–Kier alpha value is -1.38. The van der Waals surface area contributed by atoms with Crippen LogP contribution in [0.2, 0.25) is 0 Å². The van der Waals surface area contributed by atoms with Gasteiger partial charge in [-0.15, -0.1) is 0 Å². The highest BCUT2D eigenvalue weighted by Crippen LogP contribution is 2.11. The molecule has 0 radical (unpaired) electrons. The summed E-state index contributed by atoms with van der Waals surface area (Å²) in [5.41, 5.74) is 9.21. The average molecular weight is 149 g/mol. The molecule has 0 aliphatic heterocycles. The fourth-order valence-electron chi connectivity index (χ4n) is 0.813. The van der Waals surface area contributed by atoms with Gasteiger partial charge in [0.05, 0.1) is 7.11 Å². The molecule has 0 amide bonds. The van der Waals surface area contributed by atoms with E-state index in [4.69, 9.17) is 10.3 Å². The van der Waals surface area contributed by atoms with Gasteiger partial charge >= 0.3 is 0 Å². The minimum absolute atomic E-state index is 0.337. The molecule has 1 aromatic rings. The van der Waals surface area contributed by atoms with Crippen molar-refractivity contribution in [3.63, 3.8) is 0 Å². The van der Waals surface area contributed by atoms with E-state index in [9.17, 15) is 0 Å². The Morgan fingerprint density at radius 3 is 2.45 bits per heavy atom. The monoisotopic (exact) mass is 149 g/mol. The van der Waals surface area contributed by atoms with Crippen LogP contribution in [-0.2, 0) is 6.54 Å². The summed E-state index contributed by atoms with van der Waals surface area (Å²) in [6.07, 6.45) is 0. The molecule has 3 nitrogen and oxygen atoms in total. The highest BCUT2D eigenvalue weighted by molar-refractivity contribution is 5.26. The standard InChI is InChI=1S/C8H9N2O/c1-11-8-4-2-7(3-5-8)6-10-9/h2-5H,6H2,1H3/q-1. The minimum Gasteiger partial charge on any atom is -0.712 e. The maximum atomic E-state index is 8.24. The molecule has 0 aliphatic rings. The molecule has 1 rings (SSSR count). The summed E-state index contributed by atoms with van der Waals surface area (Å²) in [5, 5.41) is 3.02. The number of rotatable bonds is 3. The molecule has 58 valence electrons. The van der Waals surface area contributed by atoms with Crippen LogP contribution in [0.15, 0.2) is 29.4 Å². The van der Waals surface area contributed by atoms with E-state index < -0.39 is 0 Å². The quantitative estimate of drug-likeness (QED) is 0.607. The van der Waals surface area contributed by atoms with E-state index in [2.05, 4.69) is 5.11 Å². The van der Waals surface area contributed by atoms with Gasteiger partial charge in [-0.1, -0.05) is 12.1 Å². The summed E-state index contributed by atoms with van der Waals surface area (Å²) in [5.74, 6) is 0.812. The zero-order valence-corrected chi connectivity index (χ0v) is 6.32. The minimum atomic E-state index is 0.337. The van der Waals surface area contributed by atoms with E-state index in [1.165, 1.54) is 0 Å². The zero-order valence-electron chi connectivity index (χ0n) is 6.32. The van der Waals surface area contributed by atoms with Crippen LogP contribution < -0.4 is 4.74 Å².